The zero-order chi connectivity index (χ0) is 11.7. The van der Waals surface area contributed by atoms with Gasteiger partial charge < -0.3 is 9.67 Å². The van der Waals surface area contributed by atoms with Crippen molar-refractivity contribution in [3.05, 3.63) is 29.6 Å². The van der Waals surface area contributed by atoms with Crippen molar-refractivity contribution in [2.75, 3.05) is 0 Å². The zero-order valence-corrected chi connectivity index (χ0v) is 10.1. The summed E-state index contributed by atoms with van der Waals surface area (Å²) in [5.41, 5.74) is 4.64. The minimum atomic E-state index is -0.293. The van der Waals surface area contributed by atoms with Crippen molar-refractivity contribution in [2.24, 2.45) is 0 Å². The van der Waals surface area contributed by atoms with Gasteiger partial charge in [0.25, 0.3) is 0 Å². The van der Waals surface area contributed by atoms with E-state index in [2.05, 4.69) is 31.0 Å². The molecular weight excluding hydrogens is 200 g/mol. The van der Waals surface area contributed by atoms with E-state index in [9.17, 15) is 5.11 Å². The molecule has 2 rings (SSSR count). The average molecular weight is 218 g/mol. The first-order valence-electron chi connectivity index (χ1n) is 5.72. The van der Waals surface area contributed by atoms with Crippen molar-refractivity contribution in [3.63, 3.8) is 0 Å². The fraction of sp³-hybridized carbons (Fsp3) is 0.462. The average Bonchev–Trinajstić information content (AvgIpc) is 2.62. The van der Waals surface area contributed by atoms with Gasteiger partial charge in [-0.3, -0.25) is 0 Å². The van der Waals surface area contributed by atoms with E-state index in [-0.39, 0.29) is 6.10 Å². The lowest BCUT2D eigenvalue weighted by atomic mass is 10.1. The van der Waals surface area contributed by atoms with Crippen LogP contribution in [0.3, 0.4) is 0 Å². The van der Waals surface area contributed by atoms with Crippen LogP contribution in [-0.2, 0) is 6.54 Å². The predicted molar refractivity (Wildman–Crippen MR) is 65.5 cm³/mol. The molecule has 0 amide bonds. The number of rotatable bonds is 3. The molecule has 1 unspecified atom stereocenters. The molecule has 1 N–H and O–H groups in total. The largest absolute Gasteiger partial charge is 0.391 e. The summed E-state index contributed by atoms with van der Waals surface area (Å²) in [6, 6.07) is 4.24. The molecule has 86 valence electrons. The third kappa shape index (κ3) is 1.95. The van der Waals surface area contributed by atoms with E-state index in [4.69, 9.17) is 0 Å². The summed E-state index contributed by atoms with van der Waals surface area (Å²) in [4.78, 5) is 4.36. The molecule has 1 aromatic carbocycles. The Morgan fingerprint density at radius 2 is 2.00 bits per heavy atom. The van der Waals surface area contributed by atoms with E-state index in [1.54, 1.807) is 0 Å². The topological polar surface area (TPSA) is 38.0 Å². The van der Waals surface area contributed by atoms with Gasteiger partial charge in [-0.2, -0.15) is 0 Å². The summed E-state index contributed by atoms with van der Waals surface area (Å²) in [6.45, 7) is 6.80. The second-order valence-electron chi connectivity index (χ2n) is 4.38. The Morgan fingerprint density at radius 3 is 2.69 bits per heavy atom. The molecule has 0 saturated carbocycles. The summed E-state index contributed by atoms with van der Waals surface area (Å²) in [5, 5.41) is 9.66. The van der Waals surface area contributed by atoms with E-state index in [1.807, 2.05) is 17.8 Å². The predicted octanol–water partition coefficient (Wildman–Crippen LogP) is 2.42. The second-order valence-corrected chi connectivity index (χ2v) is 4.38. The molecule has 1 heterocycles. The maximum atomic E-state index is 9.66. The summed E-state index contributed by atoms with van der Waals surface area (Å²) in [7, 11) is 0. The van der Waals surface area contributed by atoms with E-state index in [0.29, 0.717) is 6.54 Å². The number of nitrogens with zero attached hydrogens (tertiary/aromatic N) is 2. The Morgan fingerprint density at radius 1 is 1.31 bits per heavy atom. The number of benzene rings is 1. The number of hydrogen-bond donors (Lipinski definition) is 1. The molecule has 0 spiro atoms. The van der Waals surface area contributed by atoms with Crippen LogP contribution in [0.2, 0.25) is 0 Å². The van der Waals surface area contributed by atoms with Gasteiger partial charge in [0.2, 0.25) is 0 Å². The van der Waals surface area contributed by atoms with Gasteiger partial charge in [0.05, 0.1) is 30.0 Å². The van der Waals surface area contributed by atoms with Gasteiger partial charge >= 0.3 is 0 Å². The van der Waals surface area contributed by atoms with Gasteiger partial charge in [-0.25, -0.2) is 4.98 Å². The fourth-order valence-electron chi connectivity index (χ4n) is 1.81. The number of aryl methyl sites for hydroxylation is 2. The smallest absolute Gasteiger partial charge is 0.0959 e. The van der Waals surface area contributed by atoms with Crippen LogP contribution in [-0.4, -0.2) is 20.8 Å². The molecule has 1 atom stereocenters. The maximum Gasteiger partial charge on any atom is 0.0959 e. The van der Waals surface area contributed by atoms with E-state index < -0.39 is 0 Å². The lowest BCUT2D eigenvalue weighted by Gasteiger charge is -2.10. The number of aromatic nitrogens is 2. The van der Waals surface area contributed by atoms with Crippen molar-refractivity contribution in [1.82, 2.24) is 9.55 Å². The van der Waals surface area contributed by atoms with Crippen LogP contribution in [0.4, 0.5) is 0 Å². The van der Waals surface area contributed by atoms with E-state index in [1.165, 1.54) is 11.1 Å². The van der Waals surface area contributed by atoms with Crippen molar-refractivity contribution in [2.45, 2.75) is 39.8 Å². The van der Waals surface area contributed by atoms with E-state index >= 15 is 0 Å². The highest BCUT2D eigenvalue weighted by Crippen LogP contribution is 2.18. The van der Waals surface area contributed by atoms with Crippen molar-refractivity contribution >= 4 is 11.0 Å². The van der Waals surface area contributed by atoms with Crippen LogP contribution in [0, 0.1) is 13.8 Å². The molecule has 2 aromatic rings. The molecule has 0 fully saturated rings. The quantitative estimate of drug-likeness (QED) is 0.859. The number of fused-ring (bicyclic) bond motifs is 1. The van der Waals surface area contributed by atoms with Gasteiger partial charge in [0, 0.05) is 0 Å². The van der Waals surface area contributed by atoms with Crippen LogP contribution in [0.1, 0.15) is 24.5 Å². The molecule has 16 heavy (non-hydrogen) atoms. The van der Waals surface area contributed by atoms with Crippen molar-refractivity contribution in [1.29, 1.82) is 0 Å². The molecule has 0 radical (unpaired) electrons. The Kier molecular flexibility index (Phi) is 2.97. The molecule has 0 aliphatic rings. The van der Waals surface area contributed by atoms with Crippen LogP contribution in [0.15, 0.2) is 18.5 Å². The second kappa shape index (κ2) is 4.26. The lowest BCUT2D eigenvalue weighted by molar-refractivity contribution is 0.151. The molecule has 0 aliphatic heterocycles. The first-order valence-corrected chi connectivity index (χ1v) is 5.72. The first-order chi connectivity index (χ1) is 7.61. The summed E-state index contributed by atoms with van der Waals surface area (Å²) in [5.74, 6) is 0. The first kappa shape index (κ1) is 11.1. The monoisotopic (exact) mass is 218 g/mol. The minimum absolute atomic E-state index is 0.293. The van der Waals surface area contributed by atoms with Crippen LogP contribution in [0.5, 0.6) is 0 Å². The Labute approximate surface area is 95.7 Å². The molecular formula is C13H18N2O. The van der Waals surface area contributed by atoms with Crippen LogP contribution in [0.25, 0.3) is 11.0 Å². The van der Waals surface area contributed by atoms with E-state index in [0.717, 1.165) is 17.5 Å². The van der Waals surface area contributed by atoms with Gasteiger partial charge in [-0.15, -0.1) is 0 Å². The summed E-state index contributed by atoms with van der Waals surface area (Å²) < 4.78 is 2.02. The maximum absolute atomic E-state index is 9.66. The van der Waals surface area contributed by atoms with Crippen molar-refractivity contribution in [3.8, 4) is 0 Å². The Hall–Kier alpha value is -1.35. The Bertz CT molecular complexity index is 502. The SMILES string of the molecule is CCC(O)Cn1cnc2cc(C)c(C)cc21. The zero-order valence-electron chi connectivity index (χ0n) is 10.1. The highest BCUT2D eigenvalue weighted by molar-refractivity contribution is 5.77. The Balaban J connectivity index is 2.44. The standard InChI is InChI=1S/C13H18N2O/c1-4-11(16)7-15-8-14-12-5-9(2)10(3)6-13(12)15/h5-6,8,11,16H,4,7H2,1-3H3. The van der Waals surface area contributed by atoms with Gasteiger partial charge in [0.1, 0.15) is 0 Å². The third-order valence-electron chi connectivity index (χ3n) is 3.12. The van der Waals surface area contributed by atoms with Crippen LogP contribution >= 0.6 is 0 Å². The minimum Gasteiger partial charge on any atom is -0.391 e. The highest BCUT2D eigenvalue weighted by atomic mass is 16.3. The molecule has 0 aliphatic carbocycles. The summed E-state index contributed by atoms with van der Waals surface area (Å²) in [6.07, 6.45) is 2.28. The molecule has 3 nitrogen and oxygen atoms in total. The number of aliphatic hydroxyl groups is 1. The number of aliphatic hydroxyl groups excluding tert-OH is 1. The lowest BCUT2D eigenvalue weighted by Crippen LogP contribution is -2.13. The number of hydrogen-bond acceptors (Lipinski definition) is 2. The van der Waals surface area contributed by atoms with Gasteiger partial charge in [-0.05, 0) is 43.5 Å². The molecule has 0 saturated heterocycles. The fourth-order valence-corrected chi connectivity index (χ4v) is 1.81. The van der Waals surface area contributed by atoms with Gasteiger partial charge in [0.15, 0.2) is 0 Å². The third-order valence-corrected chi connectivity index (χ3v) is 3.12. The normalized spacial score (nSPS) is 13.2. The number of imidazole rings is 1. The molecule has 1 aromatic heterocycles. The summed E-state index contributed by atoms with van der Waals surface area (Å²) >= 11 is 0. The highest BCUT2D eigenvalue weighted by Gasteiger charge is 2.08. The van der Waals surface area contributed by atoms with Crippen LogP contribution < -0.4 is 0 Å². The molecule has 0 bridgehead atoms. The van der Waals surface area contributed by atoms with Crippen molar-refractivity contribution < 1.29 is 5.11 Å². The molecule has 3 heteroatoms. The van der Waals surface area contributed by atoms with Gasteiger partial charge in [-0.1, -0.05) is 6.92 Å².